The first-order valence-electron chi connectivity index (χ1n) is 5.05. The molecule has 2 aromatic rings. The highest BCUT2D eigenvalue weighted by Crippen LogP contribution is 2.07. The first-order valence-corrected chi connectivity index (χ1v) is 5.42. The number of rotatable bonds is 2. The van der Waals surface area contributed by atoms with E-state index in [0.29, 0.717) is 11.4 Å². The molecule has 0 spiro atoms. The van der Waals surface area contributed by atoms with Crippen molar-refractivity contribution in [1.82, 2.24) is 9.55 Å². The highest BCUT2D eigenvalue weighted by atomic mass is 35.5. The van der Waals surface area contributed by atoms with Gasteiger partial charge in [0, 0.05) is 6.07 Å². The number of halogens is 2. The molecule has 0 N–H and O–H groups in total. The summed E-state index contributed by atoms with van der Waals surface area (Å²) in [4.78, 5) is 15.7. The van der Waals surface area contributed by atoms with Crippen molar-refractivity contribution in [2.75, 3.05) is 0 Å². The predicted octanol–water partition coefficient (Wildman–Crippen LogP) is 2.39. The maximum atomic E-state index is 13.0. The van der Waals surface area contributed by atoms with E-state index in [4.69, 9.17) is 11.6 Å². The van der Waals surface area contributed by atoms with E-state index < -0.39 is 0 Å². The fourth-order valence-electron chi connectivity index (χ4n) is 1.60. The van der Waals surface area contributed by atoms with Gasteiger partial charge in [-0.05, 0) is 24.6 Å². The summed E-state index contributed by atoms with van der Waals surface area (Å²) < 4.78 is 14.5. The van der Waals surface area contributed by atoms with Crippen LogP contribution < -0.4 is 5.56 Å². The van der Waals surface area contributed by atoms with Gasteiger partial charge in [0.15, 0.2) is 0 Å². The third-order valence-corrected chi connectivity index (χ3v) is 2.59. The molecule has 0 fully saturated rings. The molecular formula is C12H10ClFN2O. The Hall–Kier alpha value is -1.68. The third-order valence-electron chi connectivity index (χ3n) is 2.40. The second-order valence-electron chi connectivity index (χ2n) is 3.68. The Bertz CT molecular complexity index is 610. The molecule has 0 unspecified atom stereocenters. The Morgan fingerprint density at radius 3 is 2.82 bits per heavy atom. The summed E-state index contributed by atoms with van der Waals surface area (Å²) in [5.41, 5.74) is 0.464. The lowest BCUT2D eigenvalue weighted by atomic mass is 10.2. The molecule has 2 rings (SSSR count). The third kappa shape index (κ3) is 2.71. The van der Waals surface area contributed by atoms with E-state index in [1.807, 2.05) is 0 Å². The number of benzene rings is 1. The number of hydrogen-bond donors (Lipinski definition) is 0. The molecule has 88 valence electrons. The minimum absolute atomic E-state index is 0.169. The molecule has 1 aromatic carbocycles. The summed E-state index contributed by atoms with van der Waals surface area (Å²) in [7, 11) is 0. The van der Waals surface area contributed by atoms with Crippen LogP contribution in [-0.4, -0.2) is 9.55 Å². The zero-order valence-corrected chi connectivity index (χ0v) is 9.91. The van der Waals surface area contributed by atoms with Crippen LogP contribution in [0, 0.1) is 12.7 Å². The lowest BCUT2D eigenvalue weighted by Gasteiger charge is -2.09. The van der Waals surface area contributed by atoms with E-state index in [1.165, 1.54) is 22.8 Å². The van der Waals surface area contributed by atoms with Gasteiger partial charge in [-0.2, -0.15) is 0 Å². The van der Waals surface area contributed by atoms with Crippen molar-refractivity contribution >= 4 is 11.6 Å². The molecule has 0 atom stereocenters. The second-order valence-corrected chi connectivity index (χ2v) is 4.07. The lowest BCUT2D eigenvalue weighted by Crippen LogP contribution is -2.23. The van der Waals surface area contributed by atoms with Crippen LogP contribution in [0.4, 0.5) is 4.39 Å². The zero-order valence-electron chi connectivity index (χ0n) is 9.15. The van der Waals surface area contributed by atoms with Gasteiger partial charge >= 0.3 is 0 Å². The summed E-state index contributed by atoms with van der Waals surface area (Å²) in [5, 5.41) is 0.169. The molecular weight excluding hydrogens is 243 g/mol. The van der Waals surface area contributed by atoms with E-state index in [1.54, 1.807) is 19.1 Å². The monoisotopic (exact) mass is 252 g/mol. The zero-order chi connectivity index (χ0) is 12.4. The Labute approximate surface area is 102 Å². The summed E-state index contributed by atoms with van der Waals surface area (Å²) >= 11 is 5.67. The molecule has 5 heteroatoms. The Balaban J connectivity index is 2.40. The Morgan fingerprint density at radius 2 is 2.18 bits per heavy atom. The number of nitrogens with zero attached hydrogens (tertiary/aromatic N) is 2. The standard InChI is InChI=1S/C12H10ClFN2O/c1-8-15-11(13)6-12(17)16(8)7-9-3-2-4-10(14)5-9/h2-6H,7H2,1H3. The molecule has 0 aliphatic heterocycles. The van der Waals surface area contributed by atoms with Gasteiger partial charge in [-0.1, -0.05) is 23.7 Å². The van der Waals surface area contributed by atoms with Crippen LogP contribution in [0.1, 0.15) is 11.4 Å². The van der Waals surface area contributed by atoms with Crippen LogP contribution in [0.5, 0.6) is 0 Å². The van der Waals surface area contributed by atoms with E-state index in [0.717, 1.165) is 0 Å². The Morgan fingerprint density at radius 1 is 1.41 bits per heavy atom. The van der Waals surface area contributed by atoms with Crippen LogP contribution in [0.25, 0.3) is 0 Å². The lowest BCUT2D eigenvalue weighted by molar-refractivity contribution is 0.620. The summed E-state index contributed by atoms with van der Waals surface area (Å²) in [5.74, 6) is 0.182. The highest BCUT2D eigenvalue weighted by Gasteiger charge is 2.05. The van der Waals surface area contributed by atoms with Crippen LogP contribution in [0.3, 0.4) is 0 Å². The minimum atomic E-state index is -0.324. The molecule has 0 radical (unpaired) electrons. The van der Waals surface area contributed by atoms with Crippen LogP contribution in [0.15, 0.2) is 35.1 Å². The van der Waals surface area contributed by atoms with Crippen molar-refractivity contribution in [1.29, 1.82) is 0 Å². The van der Waals surface area contributed by atoms with Gasteiger partial charge in [-0.15, -0.1) is 0 Å². The normalized spacial score (nSPS) is 10.5. The van der Waals surface area contributed by atoms with Crippen LogP contribution in [-0.2, 0) is 6.54 Å². The molecule has 17 heavy (non-hydrogen) atoms. The minimum Gasteiger partial charge on any atom is -0.292 e. The van der Waals surface area contributed by atoms with E-state index in [-0.39, 0.29) is 23.1 Å². The quantitative estimate of drug-likeness (QED) is 0.770. The van der Waals surface area contributed by atoms with Crippen molar-refractivity contribution in [3.63, 3.8) is 0 Å². The summed E-state index contributed by atoms with van der Waals surface area (Å²) in [6.45, 7) is 1.97. The highest BCUT2D eigenvalue weighted by molar-refractivity contribution is 6.29. The molecule has 0 saturated heterocycles. The fraction of sp³-hybridized carbons (Fsp3) is 0.167. The van der Waals surface area contributed by atoms with Crippen molar-refractivity contribution < 1.29 is 4.39 Å². The maximum Gasteiger partial charge on any atom is 0.255 e. The SMILES string of the molecule is Cc1nc(Cl)cc(=O)n1Cc1cccc(F)c1. The van der Waals surface area contributed by atoms with Gasteiger partial charge in [-0.3, -0.25) is 9.36 Å². The van der Waals surface area contributed by atoms with Gasteiger partial charge in [-0.25, -0.2) is 9.37 Å². The van der Waals surface area contributed by atoms with Gasteiger partial charge in [0.05, 0.1) is 6.54 Å². The van der Waals surface area contributed by atoms with Crippen LogP contribution in [0.2, 0.25) is 5.15 Å². The smallest absolute Gasteiger partial charge is 0.255 e. The van der Waals surface area contributed by atoms with Gasteiger partial charge < -0.3 is 0 Å². The predicted molar refractivity (Wildman–Crippen MR) is 63.7 cm³/mol. The van der Waals surface area contributed by atoms with Crippen molar-refractivity contribution in [3.05, 3.63) is 63.0 Å². The van der Waals surface area contributed by atoms with E-state index in [2.05, 4.69) is 4.98 Å². The first kappa shape index (κ1) is 11.8. The number of aromatic nitrogens is 2. The van der Waals surface area contributed by atoms with E-state index in [9.17, 15) is 9.18 Å². The number of hydrogen-bond acceptors (Lipinski definition) is 2. The topological polar surface area (TPSA) is 34.9 Å². The fourth-order valence-corrected chi connectivity index (χ4v) is 1.81. The largest absolute Gasteiger partial charge is 0.292 e. The molecule has 0 aliphatic carbocycles. The molecule has 0 bridgehead atoms. The molecule has 3 nitrogen and oxygen atoms in total. The summed E-state index contributed by atoms with van der Waals surface area (Å²) in [6, 6.07) is 7.35. The molecule has 0 amide bonds. The van der Waals surface area contributed by atoms with Gasteiger partial charge in [0.1, 0.15) is 16.8 Å². The average Bonchev–Trinajstić information content (AvgIpc) is 2.23. The van der Waals surface area contributed by atoms with Gasteiger partial charge in [0.2, 0.25) is 0 Å². The molecule has 1 aromatic heterocycles. The molecule has 0 aliphatic rings. The van der Waals surface area contributed by atoms with Crippen LogP contribution >= 0.6 is 11.6 Å². The number of aryl methyl sites for hydroxylation is 1. The van der Waals surface area contributed by atoms with Crippen molar-refractivity contribution in [2.45, 2.75) is 13.5 Å². The average molecular weight is 253 g/mol. The summed E-state index contributed by atoms with van der Waals surface area (Å²) in [6.07, 6.45) is 0. The Kier molecular flexibility index (Phi) is 3.24. The van der Waals surface area contributed by atoms with Crippen molar-refractivity contribution in [3.8, 4) is 0 Å². The van der Waals surface area contributed by atoms with Crippen molar-refractivity contribution in [2.24, 2.45) is 0 Å². The first-order chi connectivity index (χ1) is 8.06. The molecule has 1 heterocycles. The van der Waals surface area contributed by atoms with E-state index >= 15 is 0 Å². The molecule has 0 saturated carbocycles. The maximum absolute atomic E-state index is 13.0. The second kappa shape index (κ2) is 4.67. The van der Waals surface area contributed by atoms with Gasteiger partial charge in [0.25, 0.3) is 5.56 Å².